The van der Waals surface area contributed by atoms with Gasteiger partial charge in [-0.15, -0.1) is 0 Å². The summed E-state index contributed by atoms with van der Waals surface area (Å²) in [7, 11) is 1.63. The van der Waals surface area contributed by atoms with Crippen molar-refractivity contribution in [3.63, 3.8) is 0 Å². The average Bonchev–Trinajstić information content (AvgIpc) is 2.45. The smallest absolute Gasteiger partial charge is 0.188 e. The van der Waals surface area contributed by atoms with E-state index < -0.39 is 0 Å². The van der Waals surface area contributed by atoms with Gasteiger partial charge in [0.25, 0.3) is 0 Å². The minimum absolute atomic E-state index is 0.284. The number of halogens is 1. The van der Waals surface area contributed by atoms with Gasteiger partial charge in [0.05, 0.1) is 0 Å². The largest absolute Gasteiger partial charge is 0.467 e. The van der Waals surface area contributed by atoms with Crippen LogP contribution >= 0.6 is 15.9 Å². The first-order valence-corrected chi connectivity index (χ1v) is 7.03. The number of ether oxygens (including phenoxy) is 2. The van der Waals surface area contributed by atoms with Crippen LogP contribution in [-0.2, 0) is 17.6 Å². The number of hydrogen-bond donors (Lipinski definition) is 0. The monoisotopic (exact) mass is 320 g/mol. The highest BCUT2D eigenvalue weighted by Crippen LogP contribution is 2.22. The lowest BCUT2D eigenvalue weighted by Gasteiger charge is -2.11. The summed E-state index contributed by atoms with van der Waals surface area (Å²) in [5, 5.41) is 0. The molecule has 0 atom stereocenters. The lowest BCUT2D eigenvalue weighted by atomic mass is 10.0. The summed E-state index contributed by atoms with van der Waals surface area (Å²) in [5.74, 6) is 0.899. The predicted octanol–water partition coefficient (Wildman–Crippen LogP) is 4.22. The van der Waals surface area contributed by atoms with Gasteiger partial charge in [-0.2, -0.15) is 0 Å². The van der Waals surface area contributed by atoms with Crippen LogP contribution in [0.2, 0.25) is 0 Å². The minimum atomic E-state index is 0.284. The molecule has 2 nitrogen and oxygen atoms in total. The normalized spacial score (nSPS) is 10.4. The number of hydrogen-bond acceptors (Lipinski definition) is 2. The maximum Gasteiger partial charge on any atom is 0.188 e. The van der Waals surface area contributed by atoms with E-state index in [1.54, 1.807) is 7.11 Å². The van der Waals surface area contributed by atoms with Gasteiger partial charge in [0.1, 0.15) is 5.75 Å². The first kappa shape index (κ1) is 14.1. The quantitative estimate of drug-likeness (QED) is 0.742. The maximum absolute atomic E-state index is 5.57. The molecule has 100 valence electrons. The van der Waals surface area contributed by atoms with Gasteiger partial charge < -0.3 is 9.47 Å². The highest BCUT2D eigenvalue weighted by atomic mass is 79.9. The molecule has 0 saturated carbocycles. The molecule has 0 radical (unpaired) electrons. The molecule has 3 heteroatoms. The van der Waals surface area contributed by atoms with Crippen LogP contribution in [0.25, 0.3) is 0 Å². The summed E-state index contributed by atoms with van der Waals surface area (Å²) < 4.78 is 11.7. The molecular weight excluding hydrogens is 304 g/mol. The fraction of sp³-hybridized carbons (Fsp3) is 0.250. The van der Waals surface area contributed by atoms with Gasteiger partial charge in [0.2, 0.25) is 0 Å². The zero-order chi connectivity index (χ0) is 13.5. The molecule has 0 saturated heterocycles. The van der Waals surface area contributed by atoms with E-state index in [0.29, 0.717) is 0 Å². The molecule has 0 bridgehead atoms. The molecule has 2 aromatic rings. The zero-order valence-corrected chi connectivity index (χ0v) is 12.5. The highest BCUT2D eigenvalue weighted by Gasteiger charge is 2.05. The van der Waals surface area contributed by atoms with Crippen molar-refractivity contribution in [1.82, 2.24) is 0 Å². The molecule has 2 aromatic carbocycles. The molecule has 0 spiro atoms. The van der Waals surface area contributed by atoms with E-state index in [0.717, 1.165) is 23.1 Å². The molecule has 0 N–H and O–H groups in total. The summed E-state index contributed by atoms with van der Waals surface area (Å²) >= 11 is 3.58. The summed E-state index contributed by atoms with van der Waals surface area (Å²) in [6.07, 6.45) is 1.93. The summed E-state index contributed by atoms with van der Waals surface area (Å²) in [4.78, 5) is 0. The van der Waals surface area contributed by atoms with E-state index in [2.05, 4.69) is 40.2 Å². The fourth-order valence-electron chi connectivity index (χ4n) is 1.94. The highest BCUT2D eigenvalue weighted by molar-refractivity contribution is 9.10. The van der Waals surface area contributed by atoms with Crippen LogP contribution in [0.3, 0.4) is 0 Å². The second-order valence-corrected chi connectivity index (χ2v) is 5.10. The topological polar surface area (TPSA) is 18.5 Å². The van der Waals surface area contributed by atoms with E-state index in [4.69, 9.17) is 9.47 Å². The predicted molar refractivity (Wildman–Crippen MR) is 80.5 cm³/mol. The van der Waals surface area contributed by atoms with E-state index in [9.17, 15) is 0 Å². The third kappa shape index (κ3) is 4.08. The third-order valence-corrected chi connectivity index (χ3v) is 3.70. The van der Waals surface area contributed by atoms with Gasteiger partial charge in [-0.05, 0) is 36.1 Å². The van der Waals surface area contributed by atoms with Crippen molar-refractivity contribution in [2.45, 2.75) is 12.8 Å². The molecule has 0 fully saturated rings. The molecule has 0 aliphatic heterocycles. The van der Waals surface area contributed by atoms with Gasteiger partial charge in [0, 0.05) is 11.6 Å². The van der Waals surface area contributed by atoms with Crippen LogP contribution in [0.4, 0.5) is 0 Å². The number of rotatable bonds is 6. The molecular formula is C16H17BrO2. The Morgan fingerprint density at radius 3 is 2.26 bits per heavy atom. The Kier molecular flexibility index (Phi) is 5.43. The fourth-order valence-corrected chi connectivity index (χ4v) is 2.43. The van der Waals surface area contributed by atoms with Crippen LogP contribution in [0, 0.1) is 0 Å². The van der Waals surface area contributed by atoms with Gasteiger partial charge in [-0.3, -0.25) is 0 Å². The molecule has 2 rings (SSSR count). The van der Waals surface area contributed by atoms with Crippen molar-refractivity contribution in [3.8, 4) is 5.75 Å². The van der Waals surface area contributed by atoms with Gasteiger partial charge in [0.15, 0.2) is 6.79 Å². The Labute approximate surface area is 122 Å². The molecule has 0 unspecified atom stereocenters. The van der Waals surface area contributed by atoms with Crippen molar-refractivity contribution in [1.29, 1.82) is 0 Å². The Balaban J connectivity index is 2.05. The van der Waals surface area contributed by atoms with E-state index in [1.165, 1.54) is 11.1 Å². The van der Waals surface area contributed by atoms with Crippen LogP contribution in [0.5, 0.6) is 5.75 Å². The van der Waals surface area contributed by atoms with E-state index in [1.807, 2.05) is 24.3 Å². The second kappa shape index (κ2) is 7.31. The van der Waals surface area contributed by atoms with Gasteiger partial charge in [-0.25, -0.2) is 0 Å². The average molecular weight is 321 g/mol. The lowest BCUT2D eigenvalue weighted by Crippen LogP contribution is -2.02. The van der Waals surface area contributed by atoms with Gasteiger partial charge >= 0.3 is 0 Å². The zero-order valence-electron chi connectivity index (χ0n) is 10.9. The summed E-state index contributed by atoms with van der Waals surface area (Å²) in [6, 6.07) is 16.4. The van der Waals surface area contributed by atoms with Crippen LogP contribution in [0.1, 0.15) is 11.1 Å². The number of aryl methyl sites for hydroxylation is 2. The van der Waals surface area contributed by atoms with Crippen LogP contribution < -0.4 is 4.74 Å². The maximum atomic E-state index is 5.57. The molecule has 0 aliphatic rings. The SMILES string of the molecule is COCOc1ccccc1CCc1ccccc1Br. The Bertz CT molecular complexity index is 526. The first-order chi connectivity index (χ1) is 9.31. The third-order valence-electron chi connectivity index (χ3n) is 2.93. The summed E-state index contributed by atoms with van der Waals surface area (Å²) in [5.41, 5.74) is 2.51. The summed E-state index contributed by atoms with van der Waals surface area (Å²) in [6.45, 7) is 0.284. The van der Waals surface area contributed by atoms with E-state index in [-0.39, 0.29) is 6.79 Å². The Morgan fingerprint density at radius 2 is 1.53 bits per heavy atom. The molecule has 0 aromatic heterocycles. The number of para-hydroxylation sites is 1. The van der Waals surface area contributed by atoms with E-state index >= 15 is 0 Å². The van der Waals surface area contributed by atoms with Crippen LogP contribution in [-0.4, -0.2) is 13.9 Å². The lowest BCUT2D eigenvalue weighted by molar-refractivity contribution is 0.0504. The molecule has 19 heavy (non-hydrogen) atoms. The second-order valence-electron chi connectivity index (χ2n) is 4.25. The van der Waals surface area contributed by atoms with Crippen molar-refractivity contribution in [2.75, 3.05) is 13.9 Å². The standard InChI is InChI=1S/C16H17BrO2/c1-18-12-19-16-9-5-3-7-14(16)11-10-13-6-2-4-8-15(13)17/h2-9H,10-12H2,1H3. The minimum Gasteiger partial charge on any atom is -0.467 e. The number of benzene rings is 2. The van der Waals surface area contributed by atoms with Crippen molar-refractivity contribution in [3.05, 3.63) is 64.1 Å². The van der Waals surface area contributed by atoms with Crippen molar-refractivity contribution in [2.24, 2.45) is 0 Å². The molecule has 0 heterocycles. The van der Waals surface area contributed by atoms with Crippen molar-refractivity contribution < 1.29 is 9.47 Å². The first-order valence-electron chi connectivity index (χ1n) is 6.24. The molecule has 0 aliphatic carbocycles. The van der Waals surface area contributed by atoms with Crippen molar-refractivity contribution >= 4 is 15.9 Å². The Morgan fingerprint density at radius 1 is 0.895 bits per heavy atom. The van der Waals surface area contributed by atoms with Crippen LogP contribution in [0.15, 0.2) is 53.0 Å². The molecule has 0 amide bonds. The Hall–Kier alpha value is -1.32. The number of methoxy groups -OCH3 is 1. The van der Waals surface area contributed by atoms with Gasteiger partial charge in [-0.1, -0.05) is 52.3 Å².